The van der Waals surface area contributed by atoms with Crippen molar-refractivity contribution in [2.75, 3.05) is 13.1 Å². The number of aliphatic imine (C=N–C) groups is 1. The molecule has 0 spiro atoms. The number of hydrogen-bond acceptors (Lipinski definition) is 6. The van der Waals surface area contributed by atoms with Gasteiger partial charge in [-0.25, -0.2) is 9.78 Å². The molecule has 2 aromatic heterocycles. The molecule has 148 valence electrons. The van der Waals surface area contributed by atoms with Gasteiger partial charge in [0.25, 0.3) is 0 Å². The summed E-state index contributed by atoms with van der Waals surface area (Å²) in [7, 11) is 0. The van der Waals surface area contributed by atoms with Gasteiger partial charge in [-0.05, 0) is 51.0 Å². The van der Waals surface area contributed by atoms with Gasteiger partial charge in [-0.15, -0.1) is 0 Å². The minimum Gasteiger partial charge on any atom is -0.444 e. The van der Waals surface area contributed by atoms with Gasteiger partial charge in [0.2, 0.25) is 0 Å². The number of fused-ring (bicyclic) bond motifs is 1. The molecule has 1 unspecified atom stereocenters. The smallest absolute Gasteiger partial charge is 0.410 e. The van der Waals surface area contributed by atoms with Gasteiger partial charge in [-0.2, -0.15) is 0 Å². The van der Waals surface area contributed by atoms with Gasteiger partial charge >= 0.3 is 6.09 Å². The van der Waals surface area contributed by atoms with Crippen molar-refractivity contribution in [2.24, 2.45) is 4.99 Å². The van der Waals surface area contributed by atoms with E-state index in [0.29, 0.717) is 23.8 Å². The lowest BCUT2D eigenvalue weighted by Gasteiger charge is -2.24. The van der Waals surface area contributed by atoms with Crippen LogP contribution >= 0.6 is 11.6 Å². The summed E-state index contributed by atoms with van der Waals surface area (Å²) in [6.45, 7) is 6.69. The fourth-order valence-electron chi connectivity index (χ4n) is 2.98. The average Bonchev–Trinajstić information content (AvgIpc) is 3.09. The number of rotatable bonds is 4. The number of hydrogen-bond donors (Lipinski definition) is 1. The quantitative estimate of drug-likeness (QED) is 0.616. The number of halogens is 1. The van der Waals surface area contributed by atoms with Crippen molar-refractivity contribution in [3.8, 4) is 0 Å². The maximum absolute atomic E-state index is 12.2. The van der Waals surface area contributed by atoms with E-state index in [4.69, 9.17) is 21.7 Å². The second-order valence-electron chi connectivity index (χ2n) is 7.80. The van der Waals surface area contributed by atoms with E-state index >= 15 is 0 Å². The summed E-state index contributed by atoms with van der Waals surface area (Å²) in [6, 6.07) is 5.38. The van der Waals surface area contributed by atoms with Crippen molar-refractivity contribution in [1.29, 1.82) is 5.41 Å². The first kappa shape index (κ1) is 20.2. The van der Waals surface area contributed by atoms with Gasteiger partial charge in [-0.1, -0.05) is 11.6 Å². The highest BCUT2D eigenvalue weighted by molar-refractivity contribution is 6.29. The SMILES string of the molecule is CC(C)(C)OC(=O)N1CC[C@@H](N=CC(C=N)c2cnc3ccc(Cl)nc3c2)C1. The van der Waals surface area contributed by atoms with Gasteiger partial charge in [-0.3, -0.25) is 9.98 Å². The lowest BCUT2D eigenvalue weighted by Crippen LogP contribution is -2.35. The number of likely N-dealkylation sites (tertiary alicyclic amines) is 1. The standard InChI is InChI=1S/C20H24ClN5O2/c1-20(2,3)28-19(27)26-7-6-15(12-26)23-11-14(9-22)13-8-17-16(24-10-13)4-5-18(21)25-17/h4-5,8-11,14-15,22H,6-7,12H2,1-3H3/t14?,15-/m1/s1. The number of carbonyl (C=O) groups excluding carboxylic acids is 1. The Labute approximate surface area is 169 Å². The summed E-state index contributed by atoms with van der Waals surface area (Å²) in [6.07, 6.45) is 5.24. The minimum absolute atomic E-state index is 0.00375. The van der Waals surface area contributed by atoms with Crippen molar-refractivity contribution >= 4 is 41.2 Å². The average molecular weight is 402 g/mol. The molecular weight excluding hydrogens is 378 g/mol. The van der Waals surface area contributed by atoms with Gasteiger partial charge < -0.3 is 15.0 Å². The van der Waals surface area contributed by atoms with E-state index in [1.165, 1.54) is 6.21 Å². The highest BCUT2D eigenvalue weighted by atomic mass is 35.5. The summed E-state index contributed by atoms with van der Waals surface area (Å²) in [5.74, 6) is -0.312. The second-order valence-corrected chi connectivity index (χ2v) is 8.19. The zero-order valence-corrected chi connectivity index (χ0v) is 17.0. The zero-order valence-electron chi connectivity index (χ0n) is 16.2. The molecule has 2 atom stereocenters. The lowest BCUT2D eigenvalue weighted by atomic mass is 10.0. The summed E-state index contributed by atoms with van der Waals surface area (Å²) < 4.78 is 5.41. The van der Waals surface area contributed by atoms with Crippen molar-refractivity contribution < 1.29 is 9.53 Å². The highest BCUT2D eigenvalue weighted by Gasteiger charge is 2.29. The molecule has 1 amide bonds. The monoisotopic (exact) mass is 401 g/mol. The summed E-state index contributed by atoms with van der Waals surface area (Å²) >= 11 is 5.96. The predicted molar refractivity (Wildman–Crippen MR) is 111 cm³/mol. The number of carbonyl (C=O) groups is 1. The minimum atomic E-state index is -0.510. The third kappa shape index (κ3) is 5.04. The Hall–Kier alpha value is -2.54. The normalized spacial score (nSPS) is 18.6. The summed E-state index contributed by atoms with van der Waals surface area (Å²) in [5, 5.41) is 8.16. The molecule has 3 heterocycles. The molecule has 1 N–H and O–H groups in total. The second kappa shape index (κ2) is 8.22. The molecule has 7 nitrogen and oxygen atoms in total. The number of amides is 1. The largest absolute Gasteiger partial charge is 0.444 e. The molecule has 0 radical (unpaired) electrons. The Morgan fingerprint density at radius 2 is 2.21 bits per heavy atom. The Bertz CT molecular complexity index is 909. The molecule has 0 bridgehead atoms. The number of aromatic nitrogens is 2. The molecular formula is C20H24ClN5O2. The van der Waals surface area contributed by atoms with Crippen LogP contribution in [0.1, 0.15) is 38.7 Å². The van der Waals surface area contributed by atoms with Gasteiger partial charge in [0.1, 0.15) is 10.8 Å². The van der Waals surface area contributed by atoms with Crippen LogP contribution in [-0.4, -0.2) is 58.1 Å². The van der Waals surface area contributed by atoms with Crippen molar-refractivity contribution in [3.63, 3.8) is 0 Å². The lowest BCUT2D eigenvalue weighted by molar-refractivity contribution is 0.0293. The Morgan fingerprint density at radius 1 is 1.43 bits per heavy atom. The van der Waals surface area contributed by atoms with Crippen LogP contribution in [0.5, 0.6) is 0 Å². The van der Waals surface area contributed by atoms with E-state index in [0.717, 1.165) is 17.5 Å². The highest BCUT2D eigenvalue weighted by Crippen LogP contribution is 2.20. The van der Waals surface area contributed by atoms with E-state index in [2.05, 4.69) is 15.0 Å². The first-order valence-electron chi connectivity index (χ1n) is 9.19. The zero-order chi connectivity index (χ0) is 20.3. The van der Waals surface area contributed by atoms with E-state index < -0.39 is 5.60 Å². The van der Waals surface area contributed by atoms with E-state index in [-0.39, 0.29) is 18.1 Å². The van der Waals surface area contributed by atoms with Crippen LogP contribution in [-0.2, 0) is 4.74 Å². The third-order valence-corrected chi connectivity index (χ3v) is 4.57. The molecule has 3 rings (SSSR count). The maximum Gasteiger partial charge on any atom is 0.410 e. The van der Waals surface area contributed by atoms with Crippen LogP contribution in [0.4, 0.5) is 4.79 Å². The van der Waals surface area contributed by atoms with Crippen molar-refractivity contribution in [3.05, 3.63) is 35.1 Å². The van der Waals surface area contributed by atoms with E-state index in [1.54, 1.807) is 23.4 Å². The number of nitrogens with one attached hydrogen (secondary N) is 1. The molecule has 1 aliphatic rings. The fraction of sp³-hybridized carbons (Fsp3) is 0.450. The Balaban J connectivity index is 1.67. The Kier molecular flexibility index (Phi) is 5.93. The van der Waals surface area contributed by atoms with Crippen molar-refractivity contribution in [1.82, 2.24) is 14.9 Å². The fourth-order valence-corrected chi connectivity index (χ4v) is 3.13. The van der Waals surface area contributed by atoms with Crippen LogP contribution in [0.3, 0.4) is 0 Å². The van der Waals surface area contributed by atoms with Gasteiger partial charge in [0.15, 0.2) is 0 Å². The predicted octanol–water partition coefficient (Wildman–Crippen LogP) is 4.10. The molecule has 0 aromatic carbocycles. The van der Waals surface area contributed by atoms with Gasteiger partial charge in [0, 0.05) is 31.7 Å². The molecule has 2 aromatic rings. The number of pyridine rings is 2. The number of ether oxygens (including phenoxy) is 1. The molecule has 0 saturated carbocycles. The maximum atomic E-state index is 12.2. The van der Waals surface area contributed by atoms with E-state index in [1.807, 2.05) is 32.9 Å². The third-order valence-electron chi connectivity index (χ3n) is 4.36. The molecule has 28 heavy (non-hydrogen) atoms. The Morgan fingerprint density at radius 3 is 2.93 bits per heavy atom. The van der Waals surface area contributed by atoms with E-state index in [9.17, 15) is 4.79 Å². The first-order chi connectivity index (χ1) is 13.2. The van der Waals surface area contributed by atoms with Crippen LogP contribution < -0.4 is 0 Å². The van der Waals surface area contributed by atoms with Gasteiger partial charge in [0.05, 0.1) is 23.0 Å². The topological polar surface area (TPSA) is 91.5 Å². The first-order valence-corrected chi connectivity index (χ1v) is 9.57. The van der Waals surface area contributed by atoms with Crippen LogP contribution in [0, 0.1) is 5.41 Å². The van der Waals surface area contributed by atoms with Crippen LogP contribution in [0.15, 0.2) is 29.4 Å². The van der Waals surface area contributed by atoms with Crippen LogP contribution in [0.25, 0.3) is 11.0 Å². The summed E-state index contributed by atoms with van der Waals surface area (Å²) in [5.41, 5.74) is 1.74. The summed E-state index contributed by atoms with van der Waals surface area (Å²) in [4.78, 5) is 27.1. The molecule has 1 saturated heterocycles. The van der Waals surface area contributed by atoms with Crippen molar-refractivity contribution in [2.45, 2.75) is 44.8 Å². The molecule has 0 aliphatic carbocycles. The molecule has 1 fully saturated rings. The molecule has 1 aliphatic heterocycles. The van der Waals surface area contributed by atoms with Crippen LogP contribution in [0.2, 0.25) is 5.15 Å². The molecule has 8 heteroatoms. The number of nitrogens with zero attached hydrogens (tertiary/aromatic N) is 4.